The fourth-order valence-electron chi connectivity index (χ4n) is 2.73. The van der Waals surface area contributed by atoms with E-state index in [1.165, 1.54) is 4.68 Å². The van der Waals surface area contributed by atoms with Crippen LogP contribution >= 0.6 is 0 Å². The highest BCUT2D eigenvalue weighted by atomic mass is 16.2. The van der Waals surface area contributed by atoms with Crippen molar-refractivity contribution >= 4 is 33.4 Å². The third kappa shape index (κ3) is 2.99. The highest BCUT2D eigenvalue weighted by Crippen LogP contribution is 2.17. The number of carbonyl (C=O) groups excluding carboxylic acids is 1. The van der Waals surface area contributed by atoms with Crippen molar-refractivity contribution in [1.29, 1.82) is 0 Å². The molecule has 4 rings (SSSR count). The molecule has 0 bridgehead atoms. The first kappa shape index (κ1) is 15.1. The van der Waals surface area contributed by atoms with Crippen LogP contribution in [0.3, 0.4) is 0 Å². The topological polar surface area (TPSA) is 92.7 Å². The van der Waals surface area contributed by atoms with E-state index < -0.39 is 0 Å². The number of carbonyl (C=O) groups is 1. The van der Waals surface area contributed by atoms with Crippen LogP contribution in [0, 0.1) is 0 Å². The number of rotatable bonds is 4. The van der Waals surface area contributed by atoms with Crippen molar-refractivity contribution < 1.29 is 4.79 Å². The summed E-state index contributed by atoms with van der Waals surface area (Å²) in [5.41, 5.74) is 1.96. The van der Waals surface area contributed by atoms with Crippen molar-refractivity contribution in [3.05, 3.63) is 65.1 Å². The molecule has 0 saturated carbocycles. The highest BCUT2D eigenvalue weighted by molar-refractivity contribution is 5.93. The minimum Gasteiger partial charge on any atom is -0.361 e. The van der Waals surface area contributed by atoms with Crippen LogP contribution in [0.15, 0.2) is 59.5 Å². The van der Waals surface area contributed by atoms with Crippen molar-refractivity contribution in [2.75, 3.05) is 5.32 Å². The maximum atomic E-state index is 12.3. The molecule has 0 atom stereocenters. The molecule has 2 aromatic carbocycles. The zero-order valence-corrected chi connectivity index (χ0v) is 13.3. The van der Waals surface area contributed by atoms with E-state index in [-0.39, 0.29) is 24.4 Å². The summed E-state index contributed by atoms with van der Waals surface area (Å²) in [4.78, 5) is 27.6. The van der Waals surface area contributed by atoms with E-state index in [0.717, 1.165) is 10.9 Å². The summed E-state index contributed by atoms with van der Waals surface area (Å²) in [7, 11) is 0. The molecule has 0 aliphatic rings. The second-order valence-electron chi connectivity index (χ2n) is 5.71. The first-order valence-corrected chi connectivity index (χ1v) is 7.90. The molecule has 25 heavy (non-hydrogen) atoms. The summed E-state index contributed by atoms with van der Waals surface area (Å²) >= 11 is 0. The number of aryl methyl sites for hydroxylation is 1. The van der Waals surface area contributed by atoms with E-state index in [9.17, 15) is 9.59 Å². The molecule has 4 aromatic rings. The predicted octanol–water partition coefficient (Wildman–Crippen LogP) is 2.30. The first-order chi connectivity index (χ1) is 12.2. The second-order valence-corrected chi connectivity index (χ2v) is 5.71. The van der Waals surface area contributed by atoms with Crippen LogP contribution in [-0.4, -0.2) is 25.9 Å². The maximum absolute atomic E-state index is 12.3. The Morgan fingerprint density at radius 2 is 2.04 bits per heavy atom. The molecule has 124 valence electrons. The highest BCUT2D eigenvalue weighted by Gasteiger charge is 2.08. The largest absolute Gasteiger partial charge is 0.361 e. The Hall–Kier alpha value is -3.48. The summed E-state index contributed by atoms with van der Waals surface area (Å²) in [6, 6.07) is 14.6. The van der Waals surface area contributed by atoms with Gasteiger partial charge < -0.3 is 10.3 Å². The molecule has 7 nitrogen and oxygen atoms in total. The van der Waals surface area contributed by atoms with Gasteiger partial charge >= 0.3 is 0 Å². The van der Waals surface area contributed by atoms with Crippen molar-refractivity contribution in [2.24, 2.45) is 0 Å². The van der Waals surface area contributed by atoms with Crippen molar-refractivity contribution in [3.63, 3.8) is 0 Å². The van der Waals surface area contributed by atoms with Gasteiger partial charge in [-0.3, -0.25) is 9.59 Å². The summed E-state index contributed by atoms with van der Waals surface area (Å²) in [6.45, 7) is 0.174. The van der Waals surface area contributed by atoms with Gasteiger partial charge in [0.05, 0.1) is 11.9 Å². The molecule has 7 heteroatoms. The Kier molecular flexibility index (Phi) is 3.74. The van der Waals surface area contributed by atoms with Crippen LogP contribution in [0.4, 0.5) is 5.69 Å². The van der Waals surface area contributed by atoms with Gasteiger partial charge in [-0.2, -0.15) is 0 Å². The molecule has 2 N–H and O–H groups in total. The molecule has 0 aliphatic carbocycles. The summed E-state index contributed by atoms with van der Waals surface area (Å²) < 4.78 is 1.22. The Bertz CT molecular complexity index is 1130. The monoisotopic (exact) mass is 333 g/mol. The van der Waals surface area contributed by atoms with Crippen LogP contribution in [0.5, 0.6) is 0 Å². The standard InChI is InChI=1S/C18H15N5O2/c24-17(20-13-6-5-12-7-9-19-16(12)11-13)8-10-23-18(25)14-3-1-2-4-15(14)21-22-23/h1-7,9,11,19H,8,10H2,(H,20,24). The Morgan fingerprint density at radius 3 is 2.96 bits per heavy atom. The Balaban J connectivity index is 1.46. The van der Waals surface area contributed by atoms with Crippen LogP contribution in [-0.2, 0) is 11.3 Å². The summed E-state index contributed by atoms with van der Waals surface area (Å²) in [5, 5.41) is 12.3. The Morgan fingerprint density at radius 1 is 1.16 bits per heavy atom. The number of hydrogen-bond acceptors (Lipinski definition) is 4. The number of nitrogens with one attached hydrogen (secondary N) is 2. The first-order valence-electron chi connectivity index (χ1n) is 7.90. The minimum atomic E-state index is -0.244. The number of nitrogens with zero attached hydrogens (tertiary/aromatic N) is 3. The lowest BCUT2D eigenvalue weighted by atomic mass is 10.2. The van der Waals surface area contributed by atoms with Crippen molar-refractivity contribution in [2.45, 2.75) is 13.0 Å². The molecular weight excluding hydrogens is 318 g/mol. The molecule has 0 saturated heterocycles. The zero-order valence-electron chi connectivity index (χ0n) is 13.3. The molecule has 1 amide bonds. The minimum absolute atomic E-state index is 0.135. The lowest BCUT2D eigenvalue weighted by molar-refractivity contribution is -0.116. The molecule has 0 fully saturated rings. The predicted molar refractivity (Wildman–Crippen MR) is 95.3 cm³/mol. The second kappa shape index (κ2) is 6.20. The number of aromatic nitrogens is 4. The number of fused-ring (bicyclic) bond motifs is 2. The average Bonchev–Trinajstić information content (AvgIpc) is 3.09. The lowest BCUT2D eigenvalue weighted by Crippen LogP contribution is -2.26. The SMILES string of the molecule is O=C(CCn1nnc2ccccc2c1=O)Nc1ccc2cc[nH]c2c1. The fourth-order valence-corrected chi connectivity index (χ4v) is 2.73. The number of benzene rings is 2. The van der Waals surface area contributed by atoms with Gasteiger partial charge in [-0.05, 0) is 35.7 Å². The van der Waals surface area contributed by atoms with Gasteiger partial charge in [-0.25, -0.2) is 4.68 Å². The molecule has 2 heterocycles. The third-order valence-electron chi connectivity index (χ3n) is 4.02. The zero-order chi connectivity index (χ0) is 17.2. The van der Waals surface area contributed by atoms with Crippen LogP contribution in [0.1, 0.15) is 6.42 Å². The smallest absolute Gasteiger partial charge is 0.277 e. The quantitative estimate of drug-likeness (QED) is 0.599. The molecule has 0 aliphatic heterocycles. The van der Waals surface area contributed by atoms with E-state index in [1.54, 1.807) is 24.3 Å². The summed E-state index contributed by atoms with van der Waals surface area (Å²) in [5.74, 6) is -0.187. The van der Waals surface area contributed by atoms with Gasteiger partial charge in [-0.15, -0.1) is 5.10 Å². The number of anilines is 1. The average molecular weight is 333 g/mol. The third-order valence-corrected chi connectivity index (χ3v) is 4.02. The molecular formula is C18H15N5O2. The van der Waals surface area contributed by atoms with Gasteiger partial charge in [0.1, 0.15) is 5.52 Å². The van der Waals surface area contributed by atoms with E-state index in [0.29, 0.717) is 16.6 Å². The molecule has 0 radical (unpaired) electrons. The summed E-state index contributed by atoms with van der Waals surface area (Å²) in [6.07, 6.45) is 1.98. The van der Waals surface area contributed by atoms with Gasteiger partial charge in [0.25, 0.3) is 5.56 Å². The number of hydrogen-bond donors (Lipinski definition) is 2. The van der Waals surface area contributed by atoms with Gasteiger partial charge in [-0.1, -0.05) is 23.4 Å². The lowest BCUT2D eigenvalue weighted by Gasteiger charge is -2.07. The van der Waals surface area contributed by atoms with Crippen molar-refractivity contribution in [1.82, 2.24) is 20.0 Å². The number of aromatic amines is 1. The van der Waals surface area contributed by atoms with E-state index in [4.69, 9.17) is 0 Å². The molecule has 0 unspecified atom stereocenters. The van der Waals surface area contributed by atoms with Gasteiger partial charge in [0.2, 0.25) is 5.91 Å². The van der Waals surface area contributed by atoms with Crippen LogP contribution in [0.25, 0.3) is 21.8 Å². The van der Waals surface area contributed by atoms with Gasteiger partial charge in [0.15, 0.2) is 0 Å². The fraction of sp³-hybridized carbons (Fsp3) is 0.111. The van der Waals surface area contributed by atoms with E-state index in [1.807, 2.05) is 30.5 Å². The van der Waals surface area contributed by atoms with Gasteiger partial charge in [0, 0.05) is 23.8 Å². The Labute approximate surface area is 142 Å². The number of amides is 1. The van der Waals surface area contributed by atoms with Crippen molar-refractivity contribution in [3.8, 4) is 0 Å². The number of H-pyrrole nitrogens is 1. The molecule has 2 aromatic heterocycles. The van der Waals surface area contributed by atoms with E-state index >= 15 is 0 Å². The molecule has 0 spiro atoms. The van der Waals surface area contributed by atoms with Crippen LogP contribution in [0.2, 0.25) is 0 Å². The van der Waals surface area contributed by atoms with E-state index in [2.05, 4.69) is 20.6 Å². The normalized spacial score (nSPS) is 11.0. The van der Waals surface area contributed by atoms with Crippen LogP contribution < -0.4 is 10.9 Å². The maximum Gasteiger partial charge on any atom is 0.277 e.